The van der Waals surface area contributed by atoms with Gasteiger partial charge in [-0.3, -0.25) is 4.79 Å². The Balaban J connectivity index is 1.96. The molecule has 1 aromatic rings. The average molecular weight is 363 g/mol. The lowest BCUT2D eigenvalue weighted by Crippen LogP contribution is -2.53. The van der Waals surface area contributed by atoms with Crippen molar-refractivity contribution in [2.45, 2.75) is 26.7 Å². The predicted molar refractivity (Wildman–Crippen MR) is 99.8 cm³/mol. The Morgan fingerprint density at radius 3 is 2.23 bits per heavy atom. The molecule has 144 valence electrons. The van der Waals surface area contributed by atoms with Gasteiger partial charge >= 0.3 is 6.03 Å². The molecule has 7 nitrogen and oxygen atoms in total. The molecule has 2 rings (SSSR count). The van der Waals surface area contributed by atoms with E-state index in [9.17, 15) is 9.59 Å². The van der Waals surface area contributed by atoms with Crippen LogP contribution in [0.4, 0.5) is 4.79 Å². The van der Waals surface area contributed by atoms with E-state index in [1.54, 1.807) is 24.0 Å². The largest absolute Gasteiger partial charge is 0.496 e. The molecule has 1 fully saturated rings. The number of rotatable bonds is 6. The molecule has 1 saturated heterocycles. The number of carbonyl (C=O) groups excluding carboxylic acids is 2. The lowest BCUT2D eigenvalue weighted by Gasteiger charge is -2.35. The minimum atomic E-state index is -0.0520. The minimum absolute atomic E-state index is 0.0304. The SMILES string of the molecule is CCCNC(=O)N1CCN(C(=O)Cc2cc(OC)c(C)cc2OC)CC1. The van der Waals surface area contributed by atoms with Crippen LogP contribution in [0, 0.1) is 6.92 Å². The van der Waals surface area contributed by atoms with Crippen molar-refractivity contribution >= 4 is 11.9 Å². The van der Waals surface area contributed by atoms with Crippen molar-refractivity contribution in [2.75, 3.05) is 46.9 Å². The fourth-order valence-electron chi connectivity index (χ4n) is 3.03. The zero-order valence-electron chi connectivity index (χ0n) is 16.1. The van der Waals surface area contributed by atoms with Gasteiger partial charge in [-0.2, -0.15) is 0 Å². The monoisotopic (exact) mass is 363 g/mol. The average Bonchev–Trinajstić information content (AvgIpc) is 2.67. The molecule has 1 aliphatic heterocycles. The van der Waals surface area contributed by atoms with Crippen LogP contribution in [-0.2, 0) is 11.2 Å². The second kappa shape index (κ2) is 9.31. The van der Waals surface area contributed by atoms with Gasteiger partial charge in [0.2, 0.25) is 5.91 Å². The first kappa shape index (κ1) is 19.9. The summed E-state index contributed by atoms with van der Waals surface area (Å²) in [5.74, 6) is 1.46. The maximum absolute atomic E-state index is 12.7. The molecule has 0 aliphatic carbocycles. The van der Waals surface area contributed by atoms with Crippen LogP contribution in [0.1, 0.15) is 24.5 Å². The van der Waals surface area contributed by atoms with Crippen LogP contribution in [0.3, 0.4) is 0 Å². The van der Waals surface area contributed by atoms with Gasteiger partial charge in [0.05, 0.1) is 20.6 Å². The summed E-state index contributed by atoms with van der Waals surface area (Å²) in [6.07, 6.45) is 1.16. The number of urea groups is 1. The third-order valence-electron chi connectivity index (χ3n) is 4.59. The standard InChI is InChI=1S/C19H29N3O4/c1-5-6-20-19(24)22-9-7-21(8-10-22)18(23)13-15-12-16(25-3)14(2)11-17(15)26-4/h11-12H,5-10,13H2,1-4H3,(H,20,24). The van der Waals surface area contributed by atoms with E-state index in [1.807, 2.05) is 26.0 Å². The number of piperazine rings is 1. The molecule has 0 saturated carbocycles. The highest BCUT2D eigenvalue weighted by Gasteiger charge is 2.24. The summed E-state index contributed by atoms with van der Waals surface area (Å²) < 4.78 is 10.8. The Labute approximate surface area is 155 Å². The van der Waals surface area contributed by atoms with Gasteiger partial charge in [-0.25, -0.2) is 4.79 Å². The molecule has 0 spiro atoms. The van der Waals surface area contributed by atoms with Crippen molar-refractivity contribution in [2.24, 2.45) is 0 Å². The van der Waals surface area contributed by atoms with E-state index in [-0.39, 0.29) is 18.4 Å². The zero-order valence-corrected chi connectivity index (χ0v) is 16.1. The smallest absolute Gasteiger partial charge is 0.317 e. The van der Waals surface area contributed by atoms with E-state index in [4.69, 9.17) is 9.47 Å². The van der Waals surface area contributed by atoms with Gasteiger partial charge in [0.25, 0.3) is 0 Å². The van der Waals surface area contributed by atoms with Crippen LogP contribution < -0.4 is 14.8 Å². The van der Waals surface area contributed by atoms with Crippen molar-refractivity contribution in [1.82, 2.24) is 15.1 Å². The van der Waals surface area contributed by atoms with Crippen molar-refractivity contribution < 1.29 is 19.1 Å². The molecule has 7 heteroatoms. The van der Waals surface area contributed by atoms with E-state index in [0.29, 0.717) is 38.5 Å². The van der Waals surface area contributed by atoms with Crippen molar-refractivity contribution in [1.29, 1.82) is 0 Å². The topological polar surface area (TPSA) is 71.1 Å². The maximum atomic E-state index is 12.7. The molecule has 0 aromatic heterocycles. The summed E-state index contributed by atoms with van der Waals surface area (Å²) in [6.45, 7) is 6.83. The number of amides is 3. The molecule has 0 radical (unpaired) electrons. The van der Waals surface area contributed by atoms with Gasteiger partial charge in [-0.1, -0.05) is 6.92 Å². The van der Waals surface area contributed by atoms with E-state index in [0.717, 1.165) is 23.3 Å². The quantitative estimate of drug-likeness (QED) is 0.837. The predicted octanol–water partition coefficient (Wildman–Crippen LogP) is 1.82. The normalized spacial score (nSPS) is 14.2. The highest BCUT2D eigenvalue weighted by atomic mass is 16.5. The van der Waals surface area contributed by atoms with Gasteiger partial charge < -0.3 is 24.6 Å². The summed E-state index contributed by atoms with van der Waals surface area (Å²) in [5, 5.41) is 2.87. The van der Waals surface area contributed by atoms with Crippen molar-refractivity contribution in [3.05, 3.63) is 23.3 Å². The highest BCUT2D eigenvalue weighted by molar-refractivity contribution is 5.80. The number of nitrogens with one attached hydrogen (secondary N) is 1. The zero-order chi connectivity index (χ0) is 19.1. The van der Waals surface area contributed by atoms with E-state index in [1.165, 1.54) is 0 Å². The van der Waals surface area contributed by atoms with Crippen molar-refractivity contribution in [3.63, 3.8) is 0 Å². The van der Waals surface area contributed by atoms with E-state index >= 15 is 0 Å². The summed E-state index contributed by atoms with van der Waals surface area (Å²) in [4.78, 5) is 28.2. The third-order valence-corrected chi connectivity index (χ3v) is 4.59. The number of aryl methyl sites for hydroxylation is 1. The number of benzene rings is 1. The Kier molecular flexibility index (Phi) is 7.12. The number of hydrogen-bond acceptors (Lipinski definition) is 4. The second-order valence-electron chi connectivity index (χ2n) is 6.41. The molecule has 0 atom stereocenters. The number of methoxy groups -OCH3 is 2. The first-order valence-electron chi connectivity index (χ1n) is 9.02. The number of carbonyl (C=O) groups is 2. The van der Waals surface area contributed by atoms with Gasteiger partial charge in [0, 0.05) is 38.3 Å². The maximum Gasteiger partial charge on any atom is 0.317 e. The summed E-state index contributed by atoms with van der Waals surface area (Å²) in [6, 6.07) is 3.70. The van der Waals surface area contributed by atoms with Crippen LogP contribution in [0.5, 0.6) is 11.5 Å². The molecule has 1 heterocycles. The first-order valence-corrected chi connectivity index (χ1v) is 9.02. The van der Waals surface area contributed by atoms with E-state index < -0.39 is 0 Å². The van der Waals surface area contributed by atoms with Gasteiger partial charge in [-0.05, 0) is 31.0 Å². The molecule has 1 aromatic carbocycles. The van der Waals surface area contributed by atoms with Gasteiger partial charge in [-0.15, -0.1) is 0 Å². The molecule has 1 N–H and O–H groups in total. The Bertz CT molecular complexity index is 640. The number of nitrogens with zero attached hydrogens (tertiary/aromatic N) is 2. The fourth-order valence-corrected chi connectivity index (χ4v) is 3.03. The Hall–Kier alpha value is -2.44. The molecule has 26 heavy (non-hydrogen) atoms. The molecule has 1 aliphatic rings. The first-order chi connectivity index (χ1) is 12.5. The Morgan fingerprint density at radius 1 is 1.04 bits per heavy atom. The number of hydrogen-bond donors (Lipinski definition) is 1. The molecule has 0 unspecified atom stereocenters. The van der Waals surface area contributed by atoms with Crippen LogP contribution in [0.2, 0.25) is 0 Å². The molecular weight excluding hydrogens is 334 g/mol. The third kappa shape index (κ3) is 4.80. The minimum Gasteiger partial charge on any atom is -0.496 e. The highest BCUT2D eigenvalue weighted by Crippen LogP contribution is 2.29. The molecular formula is C19H29N3O4. The summed E-state index contributed by atoms with van der Waals surface area (Å²) in [7, 11) is 3.21. The Morgan fingerprint density at radius 2 is 1.65 bits per heavy atom. The summed E-state index contributed by atoms with van der Waals surface area (Å²) >= 11 is 0. The van der Waals surface area contributed by atoms with Crippen molar-refractivity contribution in [3.8, 4) is 11.5 Å². The number of ether oxygens (including phenoxy) is 2. The van der Waals surface area contributed by atoms with Gasteiger partial charge in [0.15, 0.2) is 0 Å². The second-order valence-corrected chi connectivity index (χ2v) is 6.41. The molecule has 3 amide bonds. The van der Waals surface area contributed by atoms with Gasteiger partial charge in [0.1, 0.15) is 11.5 Å². The summed E-state index contributed by atoms with van der Waals surface area (Å²) in [5.41, 5.74) is 1.77. The van der Waals surface area contributed by atoms with E-state index in [2.05, 4.69) is 5.32 Å². The van der Waals surface area contributed by atoms with Crippen LogP contribution >= 0.6 is 0 Å². The fraction of sp³-hybridized carbons (Fsp3) is 0.579. The lowest BCUT2D eigenvalue weighted by molar-refractivity contribution is -0.131. The lowest BCUT2D eigenvalue weighted by atomic mass is 10.1. The van der Waals surface area contributed by atoms with Crippen LogP contribution in [0.25, 0.3) is 0 Å². The van der Waals surface area contributed by atoms with Crippen LogP contribution in [-0.4, -0.2) is 68.7 Å². The van der Waals surface area contributed by atoms with Crippen LogP contribution in [0.15, 0.2) is 12.1 Å². The molecule has 0 bridgehead atoms.